The van der Waals surface area contributed by atoms with Crippen LogP contribution in [0.25, 0.3) is 0 Å². The monoisotopic (exact) mass is 236 g/mol. The van der Waals surface area contributed by atoms with Crippen molar-refractivity contribution < 1.29 is 0 Å². The van der Waals surface area contributed by atoms with Gasteiger partial charge in [-0.1, -0.05) is 18.6 Å². The minimum atomic E-state index is 0.464. The van der Waals surface area contributed by atoms with Crippen molar-refractivity contribution in [1.29, 1.82) is 0 Å². The summed E-state index contributed by atoms with van der Waals surface area (Å²) in [6.45, 7) is 2.56. The van der Waals surface area contributed by atoms with Gasteiger partial charge in [-0.05, 0) is 6.42 Å². The summed E-state index contributed by atoms with van der Waals surface area (Å²) in [5.41, 5.74) is 7.63. The van der Waals surface area contributed by atoms with E-state index in [9.17, 15) is 0 Å². The number of tetrazole rings is 1. The van der Waals surface area contributed by atoms with E-state index in [1.54, 1.807) is 4.68 Å². The Morgan fingerprint density at radius 1 is 1.47 bits per heavy atom. The van der Waals surface area contributed by atoms with Crippen LogP contribution in [0.2, 0.25) is 0 Å². The molecule has 0 unspecified atom stereocenters. The second kappa shape index (κ2) is 4.81. The summed E-state index contributed by atoms with van der Waals surface area (Å²) in [6.07, 6.45) is 1.90. The highest BCUT2D eigenvalue weighted by atomic mass is 15.5. The standard InChI is InChI=1S/C9H16N8/c1-3-4-6-8(10)9(17(2)14-6)11-5-7-12-15-16-13-7/h11H,3-5,10H2,1-2H3,(H,12,13,15,16). The lowest BCUT2D eigenvalue weighted by Crippen LogP contribution is -2.07. The molecule has 0 bridgehead atoms. The molecule has 0 atom stereocenters. The minimum absolute atomic E-state index is 0.464. The molecule has 0 radical (unpaired) electrons. The Hall–Kier alpha value is -2.12. The lowest BCUT2D eigenvalue weighted by atomic mass is 10.2. The van der Waals surface area contributed by atoms with Gasteiger partial charge in [-0.25, -0.2) is 0 Å². The summed E-state index contributed by atoms with van der Waals surface area (Å²) in [7, 11) is 1.86. The average molecular weight is 236 g/mol. The van der Waals surface area contributed by atoms with Crippen LogP contribution in [0.1, 0.15) is 24.9 Å². The predicted molar refractivity (Wildman–Crippen MR) is 63.1 cm³/mol. The van der Waals surface area contributed by atoms with E-state index >= 15 is 0 Å². The number of aryl methyl sites for hydroxylation is 2. The highest BCUT2D eigenvalue weighted by Gasteiger charge is 2.12. The number of nitrogen functional groups attached to an aromatic ring is 1. The molecule has 0 saturated heterocycles. The molecule has 2 aromatic rings. The van der Waals surface area contributed by atoms with E-state index in [4.69, 9.17) is 5.73 Å². The molecule has 4 N–H and O–H groups in total. The summed E-state index contributed by atoms with van der Waals surface area (Å²) in [5, 5.41) is 21.1. The molecule has 0 aromatic carbocycles. The van der Waals surface area contributed by atoms with Crippen LogP contribution in [0.5, 0.6) is 0 Å². The Labute approximate surface area is 98.6 Å². The molecule has 0 saturated carbocycles. The van der Waals surface area contributed by atoms with Crippen LogP contribution in [0, 0.1) is 0 Å². The van der Waals surface area contributed by atoms with Gasteiger partial charge in [0.1, 0.15) is 5.82 Å². The first-order valence-corrected chi connectivity index (χ1v) is 5.50. The van der Waals surface area contributed by atoms with Crippen LogP contribution in [-0.4, -0.2) is 30.4 Å². The first kappa shape index (κ1) is 11.4. The van der Waals surface area contributed by atoms with Gasteiger partial charge in [0.2, 0.25) is 0 Å². The third-order valence-electron chi connectivity index (χ3n) is 2.45. The zero-order valence-corrected chi connectivity index (χ0v) is 9.93. The Morgan fingerprint density at radius 3 is 2.94 bits per heavy atom. The van der Waals surface area contributed by atoms with E-state index in [-0.39, 0.29) is 0 Å². The number of hydrogen-bond acceptors (Lipinski definition) is 6. The molecular formula is C9H16N8. The van der Waals surface area contributed by atoms with Gasteiger partial charge in [0.05, 0.1) is 17.9 Å². The fourth-order valence-corrected chi connectivity index (χ4v) is 1.65. The molecule has 17 heavy (non-hydrogen) atoms. The van der Waals surface area contributed by atoms with Gasteiger partial charge in [0.25, 0.3) is 0 Å². The Kier molecular flexibility index (Phi) is 3.22. The number of H-pyrrole nitrogens is 1. The SMILES string of the molecule is CCCc1nn(C)c(NCc2nn[nH]n2)c1N. The largest absolute Gasteiger partial charge is 0.394 e. The zero-order valence-electron chi connectivity index (χ0n) is 9.93. The van der Waals surface area contributed by atoms with Gasteiger partial charge >= 0.3 is 0 Å². The van der Waals surface area contributed by atoms with Gasteiger partial charge in [0, 0.05) is 7.05 Å². The number of aromatic nitrogens is 6. The first-order chi connectivity index (χ1) is 8.22. The van der Waals surface area contributed by atoms with Gasteiger partial charge in [-0.3, -0.25) is 4.68 Å². The smallest absolute Gasteiger partial charge is 0.193 e. The summed E-state index contributed by atoms with van der Waals surface area (Å²) < 4.78 is 1.74. The number of nitrogens with two attached hydrogens (primary N) is 1. The van der Waals surface area contributed by atoms with Crippen molar-refractivity contribution in [3.8, 4) is 0 Å². The highest BCUT2D eigenvalue weighted by Crippen LogP contribution is 2.23. The summed E-state index contributed by atoms with van der Waals surface area (Å²) in [6, 6.07) is 0. The maximum Gasteiger partial charge on any atom is 0.193 e. The number of rotatable bonds is 5. The Bertz CT molecular complexity index is 471. The second-order valence-corrected chi connectivity index (χ2v) is 3.76. The molecule has 0 aliphatic carbocycles. The van der Waals surface area contributed by atoms with E-state index < -0.39 is 0 Å². The molecule has 0 spiro atoms. The topological polar surface area (TPSA) is 110 Å². The molecule has 92 valence electrons. The van der Waals surface area contributed by atoms with Gasteiger partial charge in [-0.15, -0.1) is 10.2 Å². The maximum absolute atomic E-state index is 6.02. The van der Waals surface area contributed by atoms with Crippen molar-refractivity contribution >= 4 is 11.5 Å². The molecule has 0 aliphatic rings. The van der Waals surface area contributed by atoms with Gasteiger partial charge < -0.3 is 11.1 Å². The Morgan fingerprint density at radius 2 is 2.29 bits per heavy atom. The molecule has 8 nitrogen and oxygen atoms in total. The lowest BCUT2D eigenvalue weighted by Gasteiger charge is -2.04. The van der Waals surface area contributed by atoms with Crippen LogP contribution in [0.15, 0.2) is 0 Å². The molecule has 2 heterocycles. The molecule has 0 fully saturated rings. The third-order valence-corrected chi connectivity index (χ3v) is 2.45. The normalized spacial score (nSPS) is 10.7. The van der Waals surface area contributed by atoms with Crippen molar-refractivity contribution in [2.24, 2.45) is 7.05 Å². The van der Waals surface area contributed by atoms with Crippen molar-refractivity contribution in [3.63, 3.8) is 0 Å². The maximum atomic E-state index is 6.02. The van der Waals surface area contributed by atoms with Gasteiger partial charge in [0.15, 0.2) is 5.82 Å². The molecular weight excluding hydrogens is 220 g/mol. The highest BCUT2D eigenvalue weighted by molar-refractivity contribution is 5.64. The number of aromatic amines is 1. The summed E-state index contributed by atoms with van der Waals surface area (Å²) in [5.74, 6) is 1.38. The van der Waals surface area contributed by atoms with Crippen LogP contribution >= 0.6 is 0 Å². The van der Waals surface area contributed by atoms with Crippen molar-refractivity contribution in [2.75, 3.05) is 11.1 Å². The summed E-state index contributed by atoms with van der Waals surface area (Å²) >= 11 is 0. The van der Waals surface area contributed by atoms with E-state index in [1.807, 2.05) is 7.05 Å². The molecule has 0 amide bonds. The lowest BCUT2D eigenvalue weighted by molar-refractivity contribution is 0.733. The number of nitrogens with one attached hydrogen (secondary N) is 2. The molecule has 2 rings (SSSR count). The second-order valence-electron chi connectivity index (χ2n) is 3.76. The predicted octanol–water partition coefficient (Wildman–Crippen LogP) is 0.0800. The molecule has 0 aliphatic heterocycles. The van der Waals surface area contributed by atoms with Crippen molar-refractivity contribution in [1.82, 2.24) is 30.4 Å². The van der Waals surface area contributed by atoms with E-state index in [0.29, 0.717) is 18.1 Å². The number of anilines is 2. The van der Waals surface area contributed by atoms with Crippen molar-refractivity contribution in [2.45, 2.75) is 26.3 Å². The first-order valence-electron chi connectivity index (χ1n) is 5.50. The number of hydrogen-bond donors (Lipinski definition) is 3. The van der Waals surface area contributed by atoms with E-state index in [0.717, 1.165) is 24.4 Å². The summed E-state index contributed by atoms with van der Waals surface area (Å²) in [4.78, 5) is 0. The third kappa shape index (κ3) is 2.35. The minimum Gasteiger partial charge on any atom is -0.394 e. The van der Waals surface area contributed by atoms with Crippen LogP contribution in [-0.2, 0) is 20.0 Å². The van der Waals surface area contributed by atoms with Crippen LogP contribution < -0.4 is 11.1 Å². The van der Waals surface area contributed by atoms with Crippen LogP contribution in [0.3, 0.4) is 0 Å². The fraction of sp³-hybridized carbons (Fsp3) is 0.556. The van der Waals surface area contributed by atoms with E-state index in [1.165, 1.54) is 0 Å². The zero-order chi connectivity index (χ0) is 12.3. The molecule has 8 heteroatoms. The van der Waals surface area contributed by atoms with Crippen molar-refractivity contribution in [3.05, 3.63) is 11.5 Å². The quantitative estimate of drug-likeness (QED) is 0.678. The van der Waals surface area contributed by atoms with E-state index in [2.05, 4.69) is 38.0 Å². The molecule has 2 aromatic heterocycles. The Balaban J connectivity index is 2.10. The fourth-order valence-electron chi connectivity index (χ4n) is 1.65. The van der Waals surface area contributed by atoms with Crippen LogP contribution in [0.4, 0.5) is 11.5 Å². The number of nitrogens with zero attached hydrogens (tertiary/aromatic N) is 5. The van der Waals surface area contributed by atoms with Gasteiger partial charge in [-0.2, -0.15) is 10.3 Å². The average Bonchev–Trinajstić information content (AvgIpc) is 2.88.